The Morgan fingerprint density at radius 1 is 0.444 bits per heavy atom. The average Bonchev–Trinajstić information content (AvgIpc) is 3.61. The molecule has 1 aromatic heterocycles. The minimum atomic E-state index is -0.311. The van der Waals surface area contributed by atoms with E-state index in [0.29, 0.717) is 0 Å². The van der Waals surface area contributed by atoms with E-state index in [1.54, 1.807) is 0 Å². The van der Waals surface area contributed by atoms with Crippen molar-refractivity contribution in [1.29, 1.82) is 0 Å². The van der Waals surface area contributed by atoms with Gasteiger partial charge in [-0.1, -0.05) is 129 Å². The summed E-state index contributed by atoms with van der Waals surface area (Å²) < 4.78 is 6.43. The van der Waals surface area contributed by atoms with Crippen LogP contribution in [0.3, 0.4) is 0 Å². The van der Waals surface area contributed by atoms with E-state index >= 15 is 0 Å². The molecule has 10 rings (SSSR count). The summed E-state index contributed by atoms with van der Waals surface area (Å²) in [6.07, 6.45) is 0. The first-order chi connectivity index (χ1) is 26.5. The van der Waals surface area contributed by atoms with Crippen LogP contribution in [0.1, 0.15) is 25.0 Å². The van der Waals surface area contributed by atoms with E-state index in [2.05, 4.69) is 212 Å². The molecule has 0 aliphatic carbocycles. The van der Waals surface area contributed by atoms with Crippen molar-refractivity contribution in [3.05, 3.63) is 205 Å². The standard InChI is InChI=1S/C51H38N2O/c1-51(2)44-34-38(26-31-45(44)53(40-18-10-5-11-19-40)46-32-33-48-49(50(46)51)43-20-12-13-21-47(43)54-48)37-24-29-42(30-25-37)52(39-16-8-4-9-17-39)41-27-22-36(23-28-41)35-14-6-3-7-15-35/h3-34H,1-2H3. The lowest BCUT2D eigenvalue weighted by Crippen LogP contribution is -2.31. The molecule has 0 atom stereocenters. The van der Waals surface area contributed by atoms with Crippen LogP contribution in [-0.4, -0.2) is 0 Å². The molecule has 0 bridgehead atoms. The predicted molar refractivity (Wildman–Crippen MR) is 226 cm³/mol. The van der Waals surface area contributed by atoms with Crippen LogP contribution in [0.15, 0.2) is 199 Å². The number of hydrogen-bond donors (Lipinski definition) is 0. The van der Waals surface area contributed by atoms with Crippen LogP contribution >= 0.6 is 0 Å². The molecule has 0 N–H and O–H groups in total. The number of furan rings is 1. The molecule has 0 radical (unpaired) electrons. The van der Waals surface area contributed by atoms with Gasteiger partial charge >= 0.3 is 0 Å². The molecule has 0 saturated carbocycles. The summed E-state index contributed by atoms with van der Waals surface area (Å²) in [6.45, 7) is 4.73. The lowest BCUT2D eigenvalue weighted by atomic mass is 9.71. The first-order valence-electron chi connectivity index (χ1n) is 18.6. The SMILES string of the molecule is CC1(C)c2cc(-c3ccc(N(c4ccccc4)c4ccc(-c5ccccc5)cc4)cc3)ccc2N(c2ccccc2)c2ccc3oc4ccccc4c3c21. The van der Waals surface area contributed by atoms with Gasteiger partial charge in [-0.2, -0.15) is 0 Å². The Labute approximate surface area is 316 Å². The van der Waals surface area contributed by atoms with Crippen molar-refractivity contribution in [2.24, 2.45) is 0 Å². The number of fused-ring (bicyclic) bond motifs is 6. The maximum absolute atomic E-state index is 6.43. The fourth-order valence-electron chi connectivity index (χ4n) is 8.42. The van der Waals surface area contributed by atoms with Gasteiger partial charge in [0.05, 0.1) is 11.4 Å². The molecule has 2 heterocycles. The van der Waals surface area contributed by atoms with E-state index in [4.69, 9.17) is 4.42 Å². The number of benzene rings is 8. The number of anilines is 6. The third-order valence-corrected chi connectivity index (χ3v) is 11.0. The molecule has 9 aromatic rings. The van der Waals surface area contributed by atoms with Crippen molar-refractivity contribution >= 4 is 56.1 Å². The molecule has 0 fully saturated rings. The summed E-state index contributed by atoms with van der Waals surface area (Å²) >= 11 is 0. The molecule has 3 heteroatoms. The predicted octanol–water partition coefficient (Wildman–Crippen LogP) is 14.5. The van der Waals surface area contributed by atoms with Crippen LogP contribution in [0.2, 0.25) is 0 Å². The minimum Gasteiger partial charge on any atom is -0.456 e. The second-order valence-electron chi connectivity index (χ2n) is 14.6. The molecule has 0 unspecified atom stereocenters. The highest BCUT2D eigenvalue weighted by Gasteiger charge is 2.39. The number of hydrogen-bond acceptors (Lipinski definition) is 3. The Bertz CT molecular complexity index is 2770. The maximum Gasteiger partial charge on any atom is 0.135 e. The van der Waals surface area contributed by atoms with Gasteiger partial charge in [0, 0.05) is 38.9 Å². The highest BCUT2D eigenvalue weighted by molar-refractivity contribution is 6.11. The zero-order valence-electron chi connectivity index (χ0n) is 30.3. The number of para-hydroxylation sites is 3. The maximum atomic E-state index is 6.43. The van der Waals surface area contributed by atoms with Gasteiger partial charge in [0.25, 0.3) is 0 Å². The fourth-order valence-corrected chi connectivity index (χ4v) is 8.42. The molecule has 0 spiro atoms. The topological polar surface area (TPSA) is 19.6 Å². The van der Waals surface area contributed by atoms with Gasteiger partial charge in [0.2, 0.25) is 0 Å². The van der Waals surface area contributed by atoms with Crippen molar-refractivity contribution < 1.29 is 4.42 Å². The van der Waals surface area contributed by atoms with Crippen molar-refractivity contribution in [2.45, 2.75) is 19.3 Å². The van der Waals surface area contributed by atoms with Crippen LogP contribution in [0.5, 0.6) is 0 Å². The van der Waals surface area contributed by atoms with E-state index in [1.165, 1.54) is 50.1 Å². The van der Waals surface area contributed by atoms with E-state index in [9.17, 15) is 0 Å². The average molecular weight is 695 g/mol. The second kappa shape index (κ2) is 12.7. The Hall–Kier alpha value is -6.84. The third-order valence-electron chi connectivity index (χ3n) is 11.0. The Kier molecular flexibility index (Phi) is 7.48. The lowest BCUT2D eigenvalue weighted by molar-refractivity contribution is 0.634. The van der Waals surface area contributed by atoms with Gasteiger partial charge in [0.1, 0.15) is 11.2 Å². The van der Waals surface area contributed by atoms with Gasteiger partial charge in [-0.3, -0.25) is 0 Å². The molecular formula is C51H38N2O. The fraction of sp³-hybridized carbons (Fsp3) is 0.0588. The molecule has 0 saturated heterocycles. The van der Waals surface area contributed by atoms with Crippen LogP contribution in [0.4, 0.5) is 34.1 Å². The van der Waals surface area contributed by atoms with E-state index < -0.39 is 0 Å². The van der Waals surface area contributed by atoms with Crippen LogP contribution in [-0.2, 0) is 5.41 Å². The molecular weight excluding hydrogens is 657 g/mol. The normalized spacial score (nSPS) is 13.1. The number of nitrogens with zero attached hydrogens (tertiary/aromatic N) is 2. The van der Waals surface area contributed by atoms with Crippen molar-refractivity contribution in [2.75, 3.05) is 9.80 Å². The van der Waals surface area contributed by atoms with E-state index in [0.717, 1.165) is 39.3 Å². The number of rotatable bonds is 6. The molecule has 1 aliphatic rings. The van der Waals surface area contributed by atoms with E-state index in [-0.39, 0.29) is 5.41 Å². The van der Waals surface area contributed by atoms with Crippen LogP contribution in [0, 0.1) is 0 Å². The van der Waals surface area contributed by atoms with E-state index in [1.807, 2.05) is 6.07 Å². The quantitative estimate of drug-likeness (QED) is 0.173. The molecule has 54 heavy (non-hydrogen) atoms. The summed E-state index contributed by atoms with van der Waals surface area (Å²) in [7, 11) is 0. The second-order valence-corrected chi connectivity index (χ2v) is 14.6. The summed E-state index contributed by atoms with van der Waals surface area (Å²) in [5, 5.41) is 2.34. The first kappa shape index (κ1) is 31.9. The molecule has 3 nitrogen and oxygen atoms in total. The monoisotopic (exact) mass is 694 g/mol. The Balaban J connectivity index is 1.07. The molecule has 8 aromatic carbocycles. The lowest BCUT2D eigenvalue weighted by Gasteiger charge is -2.42. The van der Waals surface area contributed by atoms with Crippen molar-refractivity contribution in [3.63, 3.8) is 0 Å². The summed E-state index contributed by atoms with van der Waals surface area (Å²) in [5.41, 5.74) is 15.7. The highest BCUT2D eigenvalue weighted by atomic mass is 16.3. The smallest absolute Gasteiger partial charge is 0.135 e. The molecule has 1 aliphatic heterocycles. The zero-order valence-corrected chi connectivity index (χ0v) is 30.3. The Morgan fingerprint density at radius 3 is 1.65 bits per heavy atom. The Morgan fingerprint density at radius 2 is 0.963 bits per heavy atom. The summed E-state index contributed by atoms with van der Waals surface area (Å²) in [5.74, 6) is 0. The highest BCUT2D eigenvalue weighted by Crippen LogP contribution is 2.55. The van der Waals surface area contributed by atoms with Crippen molar-refractivity contribution in [3.8, 4) is 22.3 Å². The van der Waals surface area contributed by atoms with Crippen LogP contribution < -0.4 is 9.80 Å². The first-order valence-corrected chi connectivity index (χ1v) is 18.6. The van der Waals surface area contributed by atoms with Gasteiger partial charge in [-0.05, 0) is 112 Å². The van der Waals surface area contributed by atoms with Gasteiger partial charge in [-0.25, -0.2) is 0 Å². The molecule has 0 amide bonds. The summed E-state index contributed by atoms with van der Waals surface area (Å²) in [6, 6.07) is 69.5. The molecule has 258 valence electrons. The largest absolute Gasteiger partial charge is 0.456 e. The zero-order chi connectivity index (χ0) is 36.2. The van der Waals surface area contributed by atoms with Gasteiger partial charge in [-0.15, -0.1) is 0 Å². The van der Waals surface area contributed by atoms with Gasteiger partial charge < -0.3 is 14.2 Å². The van der Waals surface area contributed by atoms with Crippen molar-refractivity contribution in [1.82, 2.24) is 0 Å². The van der Waals surface area contributed by atoms with Gasteiger partial charge in [0.15, 0.2) is 0 Å². The third kappa shape index (κ3) is 5.20. The van der Waals surface area contributed by atoms with Crippen LogP contribution in [0.25, 0.3) is 44.2 Å². The minimum absolute atomic E-state index is 0.311. The summed E-state index contributed by atoms with van der Waals surface area (Å²) in [4.78, 5) is 4.74.